The van der Waals surface area contributed by atoms with Gasteiger partial charge in [-0.2, -0.15) is 0 Å². The van der Waals surface area contributed by atoms with Crippen LogP contribution in [0.15, 0.2) is 52.5 Å². The predicted molar refractivity (Wildman–Crippen MR) is 110 cm³/mol. The Morgan fingerprint density at radius 1 is 1.27 bits per heavy atom. The van der Waals surface area contributed by atoms with Crippen molar-refractivity contribution < 1.29 is 28.3 Å². The van der Waals surface area contributed by atoms with Crippen LogP contribution in [0, 0.1) is 5.82 Å². The number of ketones is 1. The van der Waals surface area contributed by atoms with E-state index in [9.17, 15) is 18.8 Å². The lowest BCUT2D eigenvalue weighted by molar-refractivity contribution is -0.154. The normalized spacial score (nSPS) is 15.2. The molecule has 2 aromatic carbocycles. The lowest BCUT2D eigenvalue weighted by Crippen LogP contribution is -2.26. The summed E-state index contributed by atoms with van der Waals surface area (Å²) in [5.41, 5.74) is 1.75. The Balaban J connectivity index is 1.57. The summed E-state index contributed by atoms with van der Waals surface area (Å²) < 4.78 is 18.4. The van der Waals surface area contributed by atoms with Crippen LogP contribution in [0.1, 0.15) is 29.3 Å². The van der Waals surface area contributed by atoms with Gasteiger partial charge in [0.2, 0.25) is 12.0 Å². The molecule has 0 saturated carbocycles. The molecule has 9 heteroatoms. The van der Waals surface area contributed by atoms with Gasteiger partial charge in [-0.3, -0.25) is 9.59 Å². The highest BCUT2D eigenvalue weighted by Crippen LogP contribution is 2.27. The molecule has 1 N–H and O–H groups in total. The smallest absolute Gasteiger partial charge is 0.351 e. The molecular weight excluding hydrogens is 411 g/mol. The van der Waals surface area contributed by atoms with Gasteiger partial charge < -0.3 is 14.9 Å². The van der Waals surface area contributed by atoms with Crippen LogP contribution in [0.2, 0.25) is 0 Å². The van der Waals surface area contributed by atoms with Gasteiger partial charge in [0.05, 0.1) is 11.4 Å². The first-order chi connectivity index (χ1) is 14.4. The summed E-state index contributed by atoms with van der Waals surface area (Å²) in [5, 5.41) is 6.49. The van der Waals surface area contributed by atoms with Gasteiger partial charge in [0.1, 0.15) is 5.82 Å². The lowest BCUT2D eigenvalue weighted by Gasteiger charge is -2.11. The average molecular weight is 430 g/mol. The number of rotatable bonds is 7. The zero-order chi connectivity index (χ0) is 21.7. The summed E-state index contributed by atoms with van der Waals surface area (Å²) in [6.45, 7) is 0.897. The minimum atomic E-state index is -0.995. The molecule has 7 nitrogen and oxygen atoms in total. The first-order valence-electron chi connectivity index (χ1n) is 9.01. The van der Waals surface area contributed by atoms with Crippen LogP contribution in [-0.4, -0.2) is 42.3 Å². The second-order valence-corrected chi connectivity index (χ2v) is 7.32. The monoisotopic (exact) mass is 430 g/mol. The summed E-state index contributed by atoms with van der Waals surface area (Å²) in [6.07, 6.45) is 0.974. The van der Waals surface area contributed by atoms with Crippen LogP contribution in [-0.2, 0) is 19.2 Å². The van der Waals surface area contributed by atoms with E-state index in [4.69, 9.17) is 9.57 Å². The standard InChI is InChI=1S/C21H19FN2O5S/c1-12(25)23-17-9-14(6-7-20(17)30-2)18(26)11-28-21(27)19-10-16(24-29-19)13-4-3-5-15(22)8-13/h3-9,19H,10-11H2,1-2H3,(H,23,25). The highest BCUT2D eigenvalue weighted by atomic mass is 32.2. The van der Waals surface area contributed by atoms with Gasteiger partial charge >= 0.3 is 5.97 Å². The van der Waals surface area contributed by atoms with Crippen molar-refractivity contribution in [2.45, 2.75) is 24.3 Å². The Morgan fingerprint density at radius 2 is 2.07 bits per heavy atom. The van der Waals surface area contributed by atoms with Gasteiger partial charge in [-0.15, -0.1) is 11.8 Å². The fraction of sp³-hybridized carbons (Fsp3) is 0.238. The van der Waals surface area contributed by atoms with Crippen LogP contribution in [0.25, 0.3) is 0 Å². The zero-order valence-corrected chi connectivity index (χ0v) is 17.1. The van der Waals surface area contributed by atoms with E-state index in [1.54, 1.807) is 24.3 Å². The molecule has 1 heterocycles. The maximum Gasteiger partial charge on any atom is 0.351 e. The number of amides is 1. The molecule has 2 aromatic rings. The number of oxime groups is 1. The Bertz CT molecular complexity index is 1020. The van der Waals surface area contributed by atoms with Gasteiger partial charge in [-0.05, 0) is 30.5 Å². The largest absolute Gasteiger partial charge is 0.454 e. The number of anilines is 1. The second-order valence-electron chi connectivity index (χ2n) is 6.47. The molecule has 1 amide bonds. The third kappa shape index (κ3) is 5.24. The van der Waals surface area contributed by atoms with E-state index in [-0.39, 0.29) is 12.3 Å². The third-order valence-corrected chi connectivity index (χ3v) is 5.06. The van der Waals surface area contributed by atoms with Gasteiger partial charge in [0.25, 0.3) is 0 Å². The zero-order valence-electron chi connectivity index (χ0n) is 16.3. The van der Waals surface area contributed by atoms with Crippen LogP contribution in [0.4, 0.5) is 10.1 Å². The molecule has 0 fully saturated rings. The summed E-state index contributed by atoms with van der Waals surface area (Å²) in [6, 6.07) is 10.7. The van der Waals surface area contributed by atoms with E-state index < -0.39 is 30.3 Å². The number of nitrogens with zero attached hydrogens (tertiary/aromatic N) is 1. The third-order valence-electron chi connectivity index (χ3n) is 4.27. The summed E-state index contributed by atoms with van der Waals surface area (Å²) in [5.74, 6) is -1.83. The summed E-state index contributed by atoms with van der Waals surface area (Å²) in [4.78, 5) is 41.9. The molecule has 156 valence electrons. The van der Waals surface area contributed by atoms with Crippen molar-refractivity contribution in [1.82, 2.24) is 0 Å². The van der Waals surface area contributed by atoms with Crippen molar-refractivity contribution >= 4 is 40.8 Å². The number of halogens is 1. The average Bonchev–Trinajstić information content (AvgIpc) is 3.21. The Labute approximate surface area is 176 Å². The van der Waals surface area contributed by atoms with Crippen molar-refractivity contribution in [3.63, 3.8) is 0 Å². The molecule has 0 saturated heterocycles. The second kappa shape index (κ2) is 9.53. The van der Waals surface area contributed by atoms with Gasteiger partial charge in [-0.1, -0.05) is 23.4 Å². The van der Waals surface area contributed by atoms with Crippen molar-refractivity contribution in [2.24, 2.45) is 5.16 Å². The summed E-state index contributed by atoms with van der Waals surface area (Å²) in [7, 11) is 0. The van der Waals surface area contributed by atoms with Crippen LogP contribution in [0.5, 0.6) is 0 Å². The van der Waals surface area contributed by atoms with Gasteiger partial charge in [-0.25, -0.2) is 9.18 Å². The SMILES string of the molecule is CSc1ccc(C(=O)COC(=O)C2CC(c3cccc(F)c3)=NO2)cc1NC(C)=O. The van der Waals surface area contributed by atoms with Gasteiger partial charge in [0, 0.05) is 29.4 Å². The molecule has 1 aliphatic heterocycles. The number of esters is 1. The molecular formula is C21H19FN2O5S. The van der Waals surface area contributed by atoms with Gasteiger partial charge in [0.15, 0.2) is 12.4 Å². The fourth-order valence-corrected chi connectivity index (χ4v) is 3.36. The molecule has 30 heavy (non-hydrogen) atoms. The molecule has 3 rings (SSSR count). The topological polar surface area (TPSA) is 94.1 Å². The van der Waals surface area contributed by atoms with Crippen molar-refractivity contribution in [1.29, 1.82) is 0 Å². The van der Waals surface area contributed by atoms with E-state index in [0.717, 1.165) is 4.90 Å². The van der Waals surface area contributed by atoms with Crippen molar-refractivity contribution in [3.8, 4) is 0 Å². The molecule has 0 radical (unpaired) electrons. The highest BCUT2D eigenvalue weighted by molar-refractivity contribution is 7.98. The Morgan fingerprint density at radius 3 is 2.77 bits per heavy atom. The maximum absolute atomic E-state index is 13.3. The molecule has 0 aromatic heterocycles. The predicted octanol–water partition coefficient (Wildman–Crippen LogP) is 3.43. The van der Waals surface area contributed by atoms with E-state index in [1.165, 1.54) is 36.9 Å². The van der Waals surface area contributed by atoms with Crippen LogP contribution < -0.4 is 5.32 Å². The molecule has 0 spiro atoms. The Hall–Kier alpha value is -3.20. The van der Waals surface area contributed by atoms with Crippen molar-refractivity contribution in [2.75, 3.05) is 18.2 Å². The number of Topliss-reactive ketones (excluding diaryl/α,β-unsaturated/α-hetero) is 1. The van der Waals surface area contributed by atoms with Crippen molar-refractivity contribution in [3.05, 3.63) is 59.4 Å². The number of benzene rings is 2. The number of thioether (sulfide) groups is 1. The molecule has 1 atom stereocenters. The van der Waals surface area contributed by atoms with E-state index in [1.807, 2.05) is 6.26 Å². The number of carbonyl (C=O) groups excluding carboxylic acids is 3. The summed E-state index contributed by atoms with van der Waals surface area (Å²) >= 11 is 1.43. The lowest BCUT2D eigenvalue weighted by atomic mass is 10.1. The number of hydrogen-bond donors (Lipinski definition) is 1. The van der Waals surface area contributed by atoms with E-state index in [2.05, 4.69) is 10.5 Å². The first-order valence-corrected chi connectivity index (χ1v) is 10.2. The molecule has 1 unspecified atom stereocenters. The quantitative estimate of drug-likeness (QED) is 0.411. The maximum atomic E-state index is 13.3. The fourth-order valence-electron chi connectivity index (χ4n) is 2.82. The van der Waals surface area contributed by atoms with E-state index in [0.29, 0.717) is 22.5 Å². The minimum Gasteiger partial charge on any atom is -0.454 e. The first kappa shape index (κ1) is 21.5. The number of hydrogen-bond acceptors (Lipinski definition) is 7. The highest BCUT2D eigenvalue weighted by Gasteiger charge is 2.31. The molecule has 0 aliphatic carbocycles. The minimum absolute atomic E-state index is 0.117. The Kier molecular flexibility index (Phi) is 6.83. The van der Waals surface area contributed by atoms with Crippen LogP contribution in [0.3, 0.4) is 0 Å². The van der Waals surface area contributed by atoms with E-state index >= 15 is 0 Å². The molecule has 0 bridgehead atoms. The molecule has 1 aliphatic rings. The van der Waals surface area contributed by atoms with Crippen LogP contribution >= 0.6 is 11.8 Å². The number of nitrogens with one attached hydrogen (secondary N) is 1. The number of ether oxygens (including phenoxy) is 1. The number of carbonyl (C=O) groups is 3.